The van der Waals surface area contributed by atoms with Gasteiger partial charge in [0.25, 0.3) is 0 Å². The van der Waals surface area contributed by atoms with Crippen LogP contribution in [0.1, 0.15) is 18.4 Å². The van der Waals surface area contributed by atoms with Crippen LogP contribution in [0.25, 0.3) is 11.4 Å². The molecule has 3 heterocycles. The number of hydrogen-bond donors (Lipinski definition) is 1. The first-order chi connectivity index (χ1) is 14.3. The number of anilines is 2. The zero-order chi connectivity index (χ0) is 19.5. The fraction of sp³-hybridized carbons (Fsp3) is 0.333. The summed E-state index contributed by atoms with van der Waals surface area (Å²) in [5.74, 6) is 1.53. The van der Waals surface area contributed by atoms with Gasteiger partial charge in [0.2, 0.25) is 0 Å². The van der Waals surface area contributed by atoms with Crippen molar-refractivity contribution >= 4 is 11.5 Å². The number of hydrogen-bond acceptors (Lipinski definition) is 5. The number of ether oxygens (including phenoxy) is 1. The van der Waals surface area contributed by atoms with E-state index in [4.69, 9.17) is 4.74 Å². The highest BCUT2D eigenvalue weighted by atomic mass is 16.5. The van der Waals surface area contributed by atoms with Gasteiger partial charge in [-0.3, -0.25) is 4.90 Å². The Morgan fingerprint density at radius 2 is 1.69 bits per heavy atom. The van der Waals surface area contributed by atoms with Crippen LogP contribution in [0.3, 0.4) is 0 Å². The summed E-state index contributed by atoms with van der Waals surface area (Å²) in [5.41, 5.74) is 3.91. The summed E-state index contributed by atoms with van der Waals surface area (Å²) in [6, 6.07) is 20.6. The highest BCUT2D eigenvalue weighted by Crippen LogP contribution is 2.38. The molecule has 0 bridgehead atoms. The third kappa shape index (κ3) is 4.16. The third-order valence-electron chi connectivity index (χ3n) is 6.05. The van der Waals surface area contributed by atoms with E-state index in [1.807, 2.05) is 36.4 Å². The van der Waals surface area contributed by atoms with Crippen molar-refractivity contribution in [3.05, 3.63) is 72.4 Å². The zero-order valence-corrected chi connectivity index (χ0v) is 16.6. The molecule has 2 aliphatic heterocycles. The molecule has 0 radical (unpaired) electrons. The van der Waals surface area contributed by atoms with Crippen LogP contribution < -0.4 is 5.32 Å². The molecule has 148 valence electrons. The van der Waals surface area contributed by atoms with Crippen LogP contribution in [0.15, 0.2) is 66.9 Å². The lowest BCUT2D eigenvalue weighted by Crippen LogP contribution is -2.50. The van der Waals surface area contributed by atoms with Gasteiger partial charge < -0.3 is 10.1 Å². The van der Waals surface area contributed by atoms with Gasteiger partial charge in [-0.2, -0.15) is 0 Å². The average Bonchev–Trinajstić information content (AvgIpc) is 2.75. The highest BCUT2D eigenvalue weighted by Gasteiger charge is 2.40. The molecule has 5 rings (SSSR count). The van der Waals surface area contributed by atoms with E-state index in [9.17, 15) is 0 Å². The molecule has 5 nitrogen and oxygen atoms in total. The van der Waals surface area contributed by atoms with Crippen LogP contribution in [0.4, 0.5) is 11.5 Å². The SMILES string of the molecule is c1ccc(-c2nccc(Nc3ccc(CN4CCC5(CC4)COC5)cc3)n2)cc1. The number of nitrogens with one attached hydrogen (secondary N) is 1. The first-order valence-corrected chi connectivity index (χ1v) is 10.3. The Labute approximate surface area is 171 Å². The van der Waals surface area contributed by atoms with Crippen LogP contribution in [-0.4, -0.2) is 41.2 Å². The van der Waals surface area contributed by atoms with E-state index in [0.717, 1.165) is 42.7 Å². The van der Waals surface area contributed by atoms with Crippen molar-refractivity contribution in [1.82, 2.24) is 14.9 Å². The minimum absolute atomic E-state index is 0.500. The Morgan fingerprint density at radius 3 is 2.38 bits per heavy atom. The quantitative estimate of drug-likeness (QED) is 0.700. The molecule has 3 aromatic rings. The van der Waals surface area contributed by atoms with E-state index in [-0.39, 0.29) is 0 Å². The molecule has 1 N–H and O–H groups in total. The van der Waals surface area contributed by atoms with E-state index >= 15 is 0 Å². The summed E-state index contributed by atoms with van der Waals surface area (Å²) >= 11 is 0. The fourth-order valence-corrected chi connectivity index (χ4v) is 4.12. The van der Waals surface area contributed by atoms with Crippen LogP contribution in [0.2, 0.25) is 0 Å². The largest absolute Gasteiger partial charge is 0.380 e. The molecule has 0 aliphatic carbocycles. The van der Waals surface area contributed by atoms with Gasteiger partial charge in [-0.1, -0.05) is 42.5 Å². The van der Waals surface area contributed by atoms with Gasteiger partial charge >= 0.3 is 0 Å². The first-order valence-electron chi connectivity index (χ1n) is 10.3. The molecule has 0 saturated carbocycles. The van der Waals surface area contributed by atoms with E-state index in [2.05, 4.69) is 44.5 Å². The van der Waals surface area contributed by atoms with Crippen molar-refractivity contribution < 1.29 is 4.74 Å². The van der Waals surface area contributed by atoms with E-state index in [0.29, 0.717) is 5.41 Å². The van der Waals surface area contributed by atoms with E-state index in [1.165, 1.54) is 31.5 Å². The second-order valence-electron chi connectivity index (χ2n) is 8.22. The summed E-state index contributed by atoms with van der Waals surface area (Å²) in [4.78, 5) is 11.6. The number of benzene rings is 2. The Hall–Kier alpha value is -2.76. The van der Waals surface area contributed by atoms with Gasteiger partial charge in [-0.25, -0.2) is 9.97 Å². The molecule has 0 unspecified atom stereocenters. The third-order valence-corrected chi connectivity index (χ3v) is 6.05. The minimum atomic E-state index is 0.500. The number of likely N-dealkylation sites (tertiary alicyclic amines) is 1. The van der Waals surface area contributed by atoms with Crippen LogP contribution in [0.5, 0.6) is 0 Å². The molecular formula is C24H26N4O. The lowest BCUT2D eigenvalue weighted by atomic mass is 9.77. The molecule has 1 aromatic heterocycles. The molecule has 2 aromatic carbocycles. The van der Waals surface area contributed by atoms with E-state index in [1.54, 1.807) is 6.20 Å². The monoisotopic (exact) mass is 386 g/mol. The molecular weight excluding hydrogens is 360 g/mol. The maximum Gasteiger partial charge on any atom is 0.161 e. The van der Waals surface area contributed by atoms with Gasteiger partial charge in [0, 0.05) is 29.4 Å². The molecule has 2 saturated heterocycles. The standard InChI is InChI=1S/C24H26N4O/c1-2-4-20(5-3-1)23-25-13-10-22(27-23)26-21-8-6-19(7-9-21)16-28-14-11-24(12-15-28)17-29-18-24/h1-10,13H,11-12,14-18H2,(H,25,26,27). The Balaban J connectivity index is 1.20. The predicted octanol–water partition coefficient (Wildman–Crippen LogP) is 4.50. The molecule has 0 atom stereocenters. The predicted molar refractivity (Wildman–Crippen MR) is 115 cm³/mol. The Morgan fingerprint density at radius 1 is 0.931 bits per heavy atom. The number of aromatic nitrogens is 2. The van der Waals surface area contributed by atoms with Crippen molar-refractivity contribution in [2.24, 2.45) is 5.41 Å². The molecule has 1 spiro atoms. The normalized spacial score (nSPS) is 18.3. The van der Waals surface area contributed by atoms with Crippen LogP contribution in [-0.2, 0) is 11.3 Å². The molecule has 5 heteroatoms. The second kappa shape index (κ2) is 7.93. The van der Waals surface area contributed by atoms with Gasteiger partial charge in [0.05, 0.1) is 13.2 Å². The summed E-state index contributed by atoms with van der Waals surface area (Å²) < 4.78 is 5.43. The van der Waals surface area contributed by atoms with Gasteiger partial charge in [-0.05, 0) is 49.7 Å². The first kappa shape index (κ1) is 18.3. The molecule has 0 amide bonds. The number of nitrogens with zero attached hydrogens (tertiary/aromatic N) is 3. The van der Waals surface area contributed by atoms with Crippen molar-refractivity contribution in [3.8, 4) is 11.4 Å². The number of piperidine rings is 1. The van der Waals surface area contributed by atoms with Crippen molar-refractivity contribution in [2.45, 2.75) is 19.4 Å². The lowest BCUT2D eigenvalue weighted by Gasteiger charge is -2.47. The van der Waals surface area contributed by atoms with Gasteiger partial charge in [0.1, 0.15) is 5.82 Å². The van der Waals surface area contributed by atoms with E-state index < -0.39 is 0 Å². The Kier molecular flexibility index (Phi) is 5.00. The van der Waals surface area contributed by atoms with Crippen LogP contribution >= 0.6 is 0 Å². The van der Waals surface area contributed by atoms with Crippen LogP contribution in [0, 0.1) is 5.41 Å². The van der Waals surface area contributed by atoms with Gasteiger partial charge in [-0.15, -0.1) is 0 Å². The number of rotatable bonds is 5. The van der Waals surface area contributed by atoms with Crippen molar-refractivity contribution in [2.75, 3.05) is 31.6 Å². The average molecular weight is 386 g/mol. The smallest absolute Gasteiger partial charge is 0.161 e. The second-order valence-corrected chi connectivity index (χ2v) is 8.22. The minimum Gasteiger partial charge on any atom is -0.380 e. The maximum absolute atomic E-state index is 5.43. The molecule has 2 aliphatic rings. The summed E-state index contributed by atoms with van der Waals surface area (Å²) in [6.45, 7) is 5.30. The summed E-state index contributed by atoms with van der Waals surface area (Å²) in [7, 11) is 0. The molecule has 29 heavy (non-hydrogen) atoms. The summed E-state index contributed by atoms with van der Waals surface area (Å²) in [5, 5.41) is 3.39. The van der Waals surface area contributed by atoms with Gasteiger partial charge in [0.15, 0.2) is 5.82 Å². The van der Waals surface area contributed by atoms with Crippen molar-refractivity contribution in [1.29, 1.82) is 0 Å². The van der Waals surface area contributed by atoms with Crippen molar-refractivity contribution in [3.63, 3.8) is 0 Å². The Bertz CT molecular complexity index is 944. The fourth-order valence-electron chi connectivity index (χ4n) is 4.12. The maximum atomic E-state index is 5.43. The highest BCUT2D eigenvalue weighted by molar-refractivity contribution is 5.61. The summed E-state index contributed by atoms with van der Waals surface area (Å²) in [6.07, 6.45) is 4.33. The molecule has 2 fully saturated rings. The zero-order valence-electron chi connectivity index (χ0n) is 16.6. The topological polar surface area (TPSA) is 50.3 Å². The lowest BCUT2D eigenvalue weighted by molar-refractivity contribution is -0.140.